The molecule has 0 bridgehead atoms. The maximum Gasteiger partial charge on any atom is 0.338 e. The van der Waals surface area contributed by atoms with Gasteiger partial charge in [0.05, 0.1) is 39.2 Å². The molecule has 2 aromatic carbocycles. The Morgan fingerprint density at radius 3 is 1.98 bits per heavy atom. The molecule has 0 saturated carbocycles. The Morgan fingerprint density at radius 2 is 1.42 bits per heavy atom. The van der Waals surface area contributed by atoms with E-state index in [2.05, 4.69) is 17.6 Å². The van der Waals surface area contributed by atoms with Crippen LogP contribution >= 0.6 is 11.6 Å². The van der Waals surface area contributed by atoms with Crippen LogP contribution in [0.3, 0.4) is 0 Å². The number of ketones is 1. The number of anilines is 2. The minimum absolute atomic E-state index is 0.0197. The molecule has 0 aliphatic heterocycles. The third kappa shape index (κ3) is 13.2. The maximum atomic E-state index is 13.3. The average Bonchev–Trinajstić information content (AvgIpc) is 3.03. The van der Waals surface area contributed by atoms with Crippen molar-refractivity contribution in [3.63, 3.8) is 0 Å². The maximum absolute atomic E-state index is 13.3. The van der Waals surface area contributed by atoms with Crippen LogP contribution in [0.15, 0.2) is 41.3 Å². The zero-order chi connectivity index (χ0) is 35.9. The van der Waals surface area contributed by atoms with Gasteiger partial charge in [0.1, 0.15) is 5.75 Å². The van der Waals surface area contributed by atoms with Crippen LogP contribution < -0.4 is 15.4 Å². The van der Waals surface area contributed by atoms with Gasteiger partial charge in [-0.2, -0.15) is 0 Å². The summed E-state index contributed by atoms with van der Waals surface area (Å²) in [5.41, 5.74) is -0.629. The summed E-state index contributed by atoms with van der Waals surface area (Å²) in [6, 6.07) is 8.06. The molecular weight excluding hydrogens is 656 g/mol. The SMILES string of the molecule is CCCCCCCCCCCCOC(=O)c1ccc(Cl)c(NC(=O)C(Oc2ccc(S(=O)(=O)CC)cc2NC(=O)C(C)(C)C)C(C)=O)c1. The number of carbonyl (C=O) groups is 4. The lowest BCUT2D eigenvalue weighted by Gasteiger charge is -2.22. The lowest BCUT2D eigenvalue weighted by atomic mass is 9.95. The molecule has 0 aromatic heterocycles. The van der Waals surface area contributed by atoms with Crippen molar-refractivity contribution < 1.29 is 37.1 Å². The van der Waals surface area contributed by atoms with Crippen molar-refractivity contribution in [1.82, 2.24) is 0 Å². The van der Waals surface area contributed by atoms with E-state index in [0.717, 1.165) is 26.2 Å². The van der Waals surface area contributed by atoms with Gasteiger partial charge in [-0.1, -0.05) is 104 Å². The standard InChI is InChI=1S/C36H51ClN2O8S/c1-7-9-10-11-12-13-14-15-16-17-22-46-34(42)26-18-20-28(37)29(23-26)38-33(41)32(25(3)40)47-31-21-19-27(48(44,45)8-2)24-30(31)39-35(43)36(4,5)6/h18-21,23-24,32H,7-17,22H2,1-6H3,(H,38,41)(H,39,43). The molecule has 2 N–H and O–H groups in total. The number of rotatable bonds is 20. The summed E-state index contributed by atoms with van der Waals surface area (Å²) in [6.45, 7) is 10.1. The first-order valence-corrected chi connectivity index (χ1v) is 18.8. The van der Waals surface area contributed by atoms with Gasteiger partial charge in [-0.05, 0) is 49.7 Å². The van der Waals surface area contributed by atoms with Crippen LogP contribution in [0.1, 0.15) is 116 Å². The number of hydrogen-bond donors (Lipinski definition) is 2. The Hall–Kier alpha value is -3.44. The number of ether oxygens (including phenoxy) is 2. The fourth-order valence-corrected chi connectivity index (χ4v) is 5.68. The monoisotopic (exact) mass is 706 g/mol. The molecule has 1 unspecified atom stereocenters. The van der Waals surface area contributed by atoms with Crippen LogP contribution in [-0.2, 0) is 29.0 Å². The van der Waals surface area contributed by atoms with E-state index in [0.29, 0.717) is 0 Å². The first-order valence-electron chi connectivity index (χ1n) is 16.7. The highest BCUT2D eigenvalue weighted by Crippen LogP contribution is 2.32. The van der Waals surface area contributed by atoms with Gasteiger partial charge in [-0.3, -0.25) is 14.4 Å². The van der Waals surface area contributed by atoms with Gasteiger partial charge in [-0.15, -0.1) is 0 Å². The highest BCUT2D eigenvalue weighted by molar-refractivity contribution is 7.91. The number of hydrogen-bond acceptors (Lipinski definition) is 8. The number of nitrogens with one attached hydrogen (secondary N) is 2. The van der Waals surface area contributed by atoms with Gasteiger partial charge in [0, 0.05) is 5.41 Å². The second-order valence-electron chi connectivity index (χ2n) is 12.9. The third-order valence-electron chi connectivity index (χ3n) is 7.66. The average molecular weight is 707 g/mol. The minimum Gasteiger partial charge on any atom is -0.471 e. The number of esters is 1. The molecule has 0 heterocycles. The Bertz CT molecular complexity index is 1520. The molecule has 0 aliphatic carbocycles. The number of Topliss-reactive ketones (excluding diaryl/α,β-unsaturated/α-hetero) is 1. The van der Waals surface area contributed by atoms with E-state index in [4.69, 9.17) is 21.1 Å². The molecule has 0 fully saturated rings. The topological polar surface area (TPSA) is 145 Å². The van der Waals surface area contributed by atoms with Crippen molar-refractivity contribution in [2.24, 2.45) is 5.41 Å². The van der Waals surface area contributed by atoms with Gasteiger partial charge >= 0.3 is 5.97 Å². The van der Waals surface area contributed by atoms with E-state index in [9.17, 15) is 27.6 Å². The molecule has 266 valence electrons. The summed E-state index contributed by atoms with van der Waals surface area (Å²) in [5.74, 6) is -2.84. The van der Waals surface area contributed by atoms with E-state index in [-0.39, 0.29) is 45.0 Å². The molecule has 2 aromatic rings. The first-order chi connectivity index (χ1) is 22.6. The van der Waals surface area contributed by atoms with Crippen molar-refractivity contribution >= 4 is 56.4 Å². The van der Waals surface area contributed by atoms with Crippen LogP contribution in [0, 0.1) is 5.41 Å². The Morgan fingerprint density at radius 1 is 0.812 bits per heavy atom. The van der Waals surface area contributed by atoms with E-state index in [1.807, 2.05) is 0 Å². The van der Waals surface area contributed by atoms with Crippen molar-refractivity contribution in [1.29, 1.82) is 0 Å². The van der Waals surface area contributed by atoms with Gasteiger partial charge in [0.2, 0.25) is 12.0 Å². The number of sulfone groups is 1. The number of amides is 2. The fraction of sp³-hybridized carbons (Fsp3) is 0.556. The van der Waals surface area contributed by atoms with Crippen LogP contribution in [0.25, 0.3) is 0 Å². The van der Waals surface area contributed by atoms with Gasteiger partial charge < -0.3 is 20.1 Å². The summed E-state index contributed by atoms with van der Waals surface area (Å²) in [6.07, 6.45) is 9.90. The lowest BCUT2D eigenvalue weighted by Crippen LogP contribution is -2.39. The highest BCUT2D eigenvalue weighted by Gasteiger charge is 2.29. The van der Waals surface area contributed by atoms with Gasteiger partial charge in [0.25, 0.3) is 5.91 Å². The molecule has 2 rings (SSSR count). The predicted molar refractivity (Wildman–Crippen MR) is 190 cm³/mol. The fourth-order valence-electron chi connectivity index (χ4n) is 4.61. The molecule has 1 atom stereocenters. The third-order valence-corrected chi connectivity index (χ3v) is 9.72. The van der Waals surface area contributed by atoms with Crippen molar-refractivity contribution in [2.75, 3.05) is 23.0 Å². The van der Waals surface area contributed by atoms with Gasteiger partial charge in [-0.25, -0.2) is 13.2 Å². The minimum atomic E-state index is -3.65. The second kappa shape index (κ2) is 19.5. The summed E-state index contributed by atoms with van der Waals surface area (Å²) in [4.78, 5) is 51.4. The van der Waals surface area contributed by atoms with Crippen molar-refractivity contribution in [3.8, 4) is 5.75 Å². The van der Waals surface area contributed by atoms with Crippen molar-refractivity contribution in [2.45, 2.75) is 117 Å². The molecule has 2 amide bonds. The summed E-state index contributed by atoms with van der Waals surface area (Å²) in [5, 5.41) is 5.30. The molecule has 0 spiro atoms. The van der Waals surface area contributed by atoms with E-state index in [1.54, 1.807) is 20.8 Å². The largest absolute Gasteiger partial charge is 0.471 e. The Kier molecular flexibility index (Phi) is 16.6. The summed E-state index contributed by atoms with van der Waals surface area (Å²) in [7, 11) is -3.65. The molecule has 0 aliphatic rings. The quantitative estimate of drug-likeness (QED) is 0.0797. The van der Waals surface area contributed by atoms with Crippen LogP contribution in [0.5, 0.6) is 5.75 Å². The zero-order valence-electron chi connectivity index (χ0n) is 29.1. The molecule has 0 radical (unpaired) electrons. The smallest absolute Gasteiger partial charge is 0.338 e. The summed E-state index contributed by atoms with van der Waals surface area (Å²) >= 11 is 6.31. The Balaban J connectivity index is 2.10. The van der Waals surface area contributed by atoms with Crippen LogP contribution in [0.2, 0.25) is 5.02 Å². The van der Waals surface area contributed by atoms with E-state index >= 15 is 0 Å². The first kappa shape index (κ1) is 40.7. The number of halogens is 1. The van der Waals surface area contributed by atoms with E-state index in [1.165, 1.54) is 88.3 Å². The lowest BCUT2D eigenvalue weighted by molar-refractivity contribution is -0.133. The molecule has 0 saturated heterocycles. The van der Waals surface area contributed by atoms with Crippen LogP contribution in [0.4, 0.5) is 11.4 Å². The van der Waals surface area contributed by atoms with Gasteiger partial charge in [0.15, 0.2) is 15.6 Å². The van der Waals surface area contributed by atoms with E-state index < -0.39 is 44.9 Å². The van der Waals surface area contributed by atoms with Crippen LogP contribution in [-0.4, -0.2) is 50.4 Å². The predicted octanol–water partition coefficient (Wildman–Crippen LogP) is 8.17. The zero-order valence-corrected chi connectivity index (χ0v) is 30.7. The highest BCUT2D eigenvalue weighted by atomic mass is 35.5. The molecule has 12 heteroatoms. The molecular formula is C36H51ClN2O8S. The number of benzene rings is 2. The number of unbranched alkanes of at least 4 members (excludes halogenated alkanes) is 9. The van der Waals surface area contributed by atoms with Crippen molar-refractivity contribution in [3.05, 3.63) is 47.0 Å². The summed E-state index contributed by atoms with van der Waals surface area (Å²) < 4.78 is 36.3. The molecule has 10 nitrogen and oxygen atoms in total. The molecule has 48 heavy (non-hydrogen) atoms. The second-order valence-corrected chi connectivity index (χ2v) is 15.6. The number of carbonyl (C=O) groups excluding carboxylic acids is 4. The Labute approximate surface area is 290 Å². The normalized spacial score (nSPS) is 12.2.